The van der Waals surface area contributed by atoms with Crippen LogP contribution in [0.3, 0.4) is 0 Å². The summed E-state index contributed by atoms with van der Waals surface area (Å²) < 4.78 is 70.1. The number of carbonyl (C=O) groups excluding carboxylic acids is 2. The number of anilines is 1. The van der Waals surface area contributed by atoms with Crippen molar-refractivity contribution in [2.45, 2.75) is 9.10 Å². The molecular weight excluding hydrogens is 413 g/mol. The molecule has 13 heteroatoms. The summed E-state index contributed by atoms with van der Waals surface area (Å²) in [6.07, 6.45) is 0. The van der Waals surface area contributed by atoms with Gasteiger partial charge in [-0.25, -0.2) is 17.2 Å². The van der Waals surface area contributed by atoms with Gasteiger partial charge in [0.15, 0.2) is 17.4 Å². The Labute approximate surface area is 154 Å². The lowest BCUT2D eigenvalue weighted by Gasteiger charge is -2.10. The highest BCUT2D eigenvalue weighted by molar-refractivity contribution is 7.93. The van der Waals surface area contributed by atoms with E-state index in [0.29, 0.717) is 11.3 Å². The van der Waals surface area contributed by atoms with Gasteiger partial charge in [-0.05, 0) is 12.1 Å². The summed E-state index contributed by atoms with van der Waals surface area (Å²) in [5, 5.41) is 10.5. The number of thiophene rings is 1. The zero-order chi connectivity index (χ0) is 20.5. The number of nitrogens with two attached hydrogens (primary N) is 1. The summed E-state index contributed by atoms with van der Waals surface area (Å²) in [6.45, 7) is -0.958. The highest BCUT2D eigenvalue weighted by atomic mass is 32.2. The topological polar surface area (TPSA) is 136 Å². The highest BCUT2D eigenvalue weighted by Crippen LogP contribution is 2.39. The van der Waals surface area contributed by atoms with Crippen LogP contribution in [0.4, 0.5) is 18.2 Å². The molecule has 4 N–H and O–H groups in total. The first-order chi connectivity index (χ1) is 12.5. The van der Waals surface area contributed by atoms with Crippen molar-refractivity contribution in [1.82, 2.24) is 0 Å². The lowest BCUT2D eigenvalue weighted by Crippen LogP contribution is -2.18. The van der Waals surface area contributed by atoms with Gasteiger partial charge in [0.05, 0.1) is 12.7 Å². The quantitative estimate of drug-likeness (QED) is 0.468. The smallest absolute Gasteiger partial charge is 0.251 e. The number of halogens is 3. The van der Waals surface area contributed by atoms with Crippen molar-refractivity contribution >= 4 is 38.0 Å². The first kappa shape index (κ1) is 20.7. The standard InChI is InChI=1S/C14H11F3N2O6S2/c1-25-12-7(3-6(15)10(16)11(12)17)27(23,24)9-2-5(13(18)22)14(26-9)19-8(21)4-20/h2-3,20H,4H2,1H3,(H2,18,22)(H,19,21). The Bertz CT molecular complexity index is 1040. The molecule has 2 rings (SSSR count). The third kappa shape index (κ3) is 3.74. The molecule has 146 valence electrons. The van der Waals surface area contributed by atoms with E-state index in [4.69, 9.17) is 10.8 Å². The highest BCUT2D eigenvalue weighted by Gasteiger charge is 2.32. The average Bonchev–Trinajstić information content (AvgIpc) is 3.04. The van der Waals surface area contributed by atoms with Crippen molar-refractivity contribution in [2.75, 3.05) is 19.0 Å². The number of methoxy groups -OCH3 is 1. The zero-order valence-electron chi connectivity index (χ0n) is 13.4. The number of amides is 2. The van der Waals surface area contributed by atoms with Gasteiger partial charge in [-0.1, -0.05) is 0 Å². The normalized spacial score (nSPS) is 11.3. The number of hydrogen-bond acceptors (Lipinski definition) is 7. The van der Waals surface area contributed by atoms with Crippen LogP contribution >= 0.6 is 11.3 Å². The van der Waals surface area contributed by atoms with Gasteiger partial charge in [0.1, 0.15) is 20.7 Å². The van der Waals surface area contributed by atoms with E-state index in [1.54, 1.807) is 0 Å². The fourth-order valence-electron chi connectivity index (χ4n) is 2.00. The number of sulfone groups is 1. The van der Waals surface area contributed by atoms with Gasteiger partial charge in [-0.15, -0.1) is 11.3 Å². The van der Waals surface area contributed by atoms with Crippen LogP contribution in [0.2, 0.25) is 0 Å². The van der Waals surface area contributed by atoms with E-state index in [2.05, 4.69) is 10.1 Å². The monoisotopic (exact) mass is 424 g/mol. The molecule has 2 aromatic rings. The Hall–Kier alpha value is -2.64. The van der Waals surface area contributed by atoms with Crippen LogP contribution in [0.25, 0.3) is 0 Å². The van der Waals surface area contributed by atoms with E-state index in [9.17, 15) is 31.2 Å². The SMILES string of the molecule is COc1c(S(=O)(=O)c2cc(C(N)=O)c(NC(=O)CO)s2)cc(F)c(F)c1F. The average molecular weight is 424 g/mol. The molecule has 8 nitrogen and oxygen atoms in total. The fourth-order valence-corrected chi connectivity index (χ4v) is 4.93. The van der Waals surface area contributed by atoms with Crippen LogP contribution in [-0.4, -0.2) is 39.1 Å². The van der Waals surface area contributed by atoms with Gasteiger partial charge >= 0.3 is 0 Å². The molecule has 27 heavy (non-hydrogen) atoms. The maximum absolute atomic E-state index is 13.8. The Kier molecular flexibility index (Phi) is 5.77. The maximum Gasteiger partial charge on any atom is 0.251 e. The van der Waals surface area contributed by atoms with Gasteiger partial charge in [-0.2, -0.15) is 4.39 Å². The summed E-state index contributed by atoms with van der Waals surface area (Å²) in [5.74, 6) is -8.68. The predicted molar refractivity (Wildman–Crippen MR) is 86.9 cm³/mol. The minimum atomic E-state index is -4.70. The molecule has 0 radical (unpaired) electrons. The van der Waals surface area contributed by atoms with E-state index in [1.165, 1.54) is 0 Å². The van der Waals surface area contributed by atoms with Crippen molar-refractivity contribution in [1.29, 1.82) is 0 Å². The van der Waals surface area contributed by atoms with E-state index in [-0.39, 0.29) is 11.1 Å². The van der Waals surface area contributed by atoms with Crippen molar-refractivity contribution in [3.63, 3.8) is 0 Å². The Morgan fingerprint density at radius 3 is 2.41 bits per heavy atom. The second-order valence-electron chi connectivity index (χ2n) is 4.90. The van der Waals surface area contributed by atoms with E-state index in [1.807, 2.05) is 0 Å². The summed E-state index contributed by atoms with van der Waals surface area (Å²) in [6, 6.07) is 0.996. The van der Waals surface area contributed by atoms with Crippen LogP contribution in [-0.2, 0) is 14.6 Å². The second-order valence-corrected chi connectivity index (χ2v) is 8.10. The maximum atomic E-state index is 13.8. The van der Waals surface area contributed by atoms with E-state index >= 15 is 0 Å². The predicted octanol–water partition coefficient (Wildman–Crippen LogP) is 1.04. The Morgan fingerprint density at radius 1 is 1.26 bits per heavy atom. The van der Waals surface area contributed by atoms with Crippen LogP contribution in [0.1, 0.15) is 10.4 Å². The minimum absolute atomic E-state index is 0.224. The summed E-state index contributed by atoms with van der Waals surface area (Å²) >= 11 is 0.342. The van der Waals surface area contributed by atoms with Crippen LogP contribution in [0.15, 0.2) is 21.2 Å². The molecule has 0 spiro atoms. The molecule has 0 saturated heterocycles. The molecular formula is C14H11F3N2O6S2. The third-order valence-electron chi connectivity index (χ3n) is 3.21. The molecule has 0 bridgehead atoms. The lowest BCUT2D eigenvalue weighted by atomic mass is 10.3. The Morgan fingerprint density at radius 2 is 1.89 bits per heavy atom. The number of nitrogens with one attached hydrogen (secondary N) is 1. The number of benzene rings is 1. The largest absolute Gasteiger partial charge is 0.492 e. The van der Waals surface area contributed by atoms with Gasteiger partial charge in [-0.3, -0.25) is 9.59 Å². The molecule has 1 heterocycles. The first-order valence-corrected chi connectivity index (χ1v) is 9.15. The van der Waals surface area contributed by atoms with Crippen LogP contribution < -0.4 is 15.8 Å². The summed E-state index contributed by atoms with van der Waals surface area (Å²) in [5.41, 5.74) is 4.70. The summed E-state index contributed by atoms with van der Waals surface area (Å²) in [7, 11) is -3.84. The van der Waals surface area contributed by atoms with E-state index in [0.717, 1.165) is 13.2 Å². The molecule has 1 aromatic carbocycles. The van der Waals surface area contributed by atoms with Crippen molar-refractivity contribution in [2.24, 2.45) is 5.73 Å². The minimum Gasteiger partial charge on any atom is -0.492 e. The van der Waals surface area contributed by atoms with Gasteiger partial charge < -0.3 is 20.9 Å². The number of rotatable bonds is 6. The van der Waals surface area contributed by atoms with Crippen molar-refractivity contribution in [3.8, 4) is 5.75 Å². The number of aliphatic hydroxyl groups excluding tert-OH is 1. The van der Waals surface area contributed by atoms with Crippen molar-refractivity contribution < 1.29 is 41.0 Å². The second kappa shape index (κ2) is 7.54. The third-order valence-corrected chi connectivity index (χ3v) is 6.50. The number of hydrogen-bond donors (Lipinski definition) is 3. The van der Waals surface area contributed by atoms with Gasteiger partial charge in [0.2, 0.25) is 15.7 Å². The van der Waals surface area contributed by atoms with Crippen molar-refractivity contribution in [3.05, 3.63) is 35.1 Å². The Balaban J connectivity index is 2.70. The molecule has 0 atom stereocenters. The number of carbonyl (C=O) groups is 2. The van der Waals surface area contributed by atoms with E-state index < -0.39 is 66.1 Å². The molecule has 0 unspecified atom stereocenters. The number of primary amides is 1. The number of ether oxygens (including phenoxy) is 1. The molecule has 1 aromatic heterocycles. The summed E-state index contributed by atoms with van der Waals surface area (Å²) in [4.78, 5) is 21.7. The van der Waals surface area contributed by atoms with Gasteiger partial charge in [0.25, 0.3) is 11.8 Å². The fraction of sp³-hybridized carbons (Fsp3) is 0.143. The molecule has 0 aliphatic carbocycles. The number of aliphatic hydroxyl groups is 1. The lowest BCUT2D eigenvalue weighted by molar-refractivity contribution is -0.118. The molecule has 0 aliphatic heterocycles. The van der Waals surface area contributed by atoms with Crippen LogP contribution in [0.5, 0.6) is 5.75 Å². The first-order valence-electron chi connectivity index (χ1n) is 6.85. The van der Waals surface area contributed by atoms with Gasteiger partial charge in [0, 0.05) is 0 Å². The molecule has 0 fully saturated rings. The molecule has 0 saturated carbocycles. The molecule has 2 amide bonds. The molecule has 0 aliphatic rings. The zero-order valence-corrected chi connectivity index (χ0v) is 15.0. The van der Waals surface area contributed by atoms with Crippen LogP contribution in [0, 0.1) is 17.5 Å².